The Hall–Kier alpha value is -2.88. The van der Waals surface area contributed by atoms with Gasteiger partial charge in [0.15, 0.2) is 0 Å². The average Bonchev–Trinajstić information content (AvgIpc) is 2.99. The topological polar surface area (TPSA) is 112 Å². The number of nitrogens with zero attached hydrogens (tertiary/aromatic N) is 2. The minimum Gasteiger partial charge on any atom is -0.481 e. The van der Waals surface area contributed by atoms with Crippen molar-refractivity contribution in [2.24, 2.45) is 0 Å². The van der Waals surface area contributed by atoms with E-state index in [9.17, 15) is 9.59 Å². The summed E-state index contributed by atoms with van der Waals surface area (Å²) in [7, 11) is 4.20. The molecule has 134 valence electrons. The van der Waals surface area contributed by atoms with E-state index in [4.69, 9.17) is 14.2 Å². The molecule has 2 aromatic heterocycles. The molecule has 2 amide bonds. The smallest absolute Gasteiger partial charge is 0.339 e. The van der Waals surface area contributed by atoms with Crippen molar-refractivity contribution in [1.82, 2.24) is 15.3 Å². The Bertz CT molecular complexity index is 755. The van der Waals surface area contributed by atoms with E-state index < -0.39 is 12.0 Å². The molecule has 0 bridgehead atoms. The molecule has 9 nitrogen and oxygen atoms in total. The predicted molar refractivity (Wildman–Crippen MR) is 91.4 cm³/mol. The van der Waals surface area contributed by atoms with Crippen LogP contribution in [0.4, 0.5) is 10.7 Å². The molecule has 0 aliphatic rings. The van der Waals surface area contributed by atoms with Gasteiger partial charge in [-0.3, -0.25) is 5.32 Å². The minimum absolute atomic E-state index is 0.0314. The lowest BCUT2D eigenvalue weighted by atomic mass is 10.1. The van der Waals surface area contributed by atoms with E-state index >= 15 is 0 Å². The monoisotopic (exact) mass is 366 g/mol. The van der Waals surface area contributed by atoms with Crippen molar-refractivity contribution in [3.63, 3.8) is 0 Å². The van der Waals surface area contributed by atoms with Gasteiger partial charge in [-0.25, -0.2) is 9.59 Å². The summed E-state index contributed by atoms with van der Waals surface area (Å²) in [4.78, 5) is 32.7. The molecule has 0 spiro atoms. The number of amides is 2. The molecule has 25 heavy (non-hydrogen) atoms. The molecule has 0 saturated carbocycles. The molecule has 2 N–H and O–H groups in total. The number of urea groups is 1. The Labute approximate surface area is 148 Å². The maximum atomic E-state index is 12.1. The van der Waals surface area contributed by atoms with E-state index in [0.29, 0.717) is 11.1 Å². The van der Waals surface area contributed by atoms with Crippen molar-refractivity contribution in [3.05, 3.63) is 27.5 Å². The van der Waals surface area contributed by atoms with Crippen molar-refractivity contribution in [2.75, 3.05) is 26.6 Å². The molecule has 0 aliphatic carbocycles. The Morgan fingerprint density at radius 3 is 2.36 bits per heavy atom. The van der Waals surface area contributed by atoms with Gasteiger partial charge in [0.2, 0.25) is 17.7 Å². The Kier molecular flexibility index (Phi) is 6.12. The first kappa shape index (κ1) is 18.5. The predicted octanol–water partition coefficient (Wildman–Crippen LogP) is 1.97. The number of anilines is 1. The number of aromatic nitrogens is 2. The van der Waals surface area contributed by atoms with Crippen LogP contribution in [0.15, 0.2) is 11.4 Å². The van der Waals surface area contributed by atoms with Gasteiger partial charge in [-0.15, -0.1) is 11.3 Å². The first-order valence-corrected chi connectivity index (χ1v) is 8.03. The molecular formula is C15H18N4O5S. The molecule has 10 heteroatoms. The quantitative estimate of drug-likeness (QED) is 0.752. The van der Waals surface area contributed by atoms with Crippen molar-refractivity contribution < 1.29 is 23.8 Å². The molecule has 2 rings (SSSR count). The van der Waals surface area contributed by atoms with E-state index in [1.807, 2.05) is 6.92 Å². The van der Waals surface area contributed by atoms with Crippen molar-refractivity contribution in [1.29, 1.82) is 0 Å². The lowest BCUT2D eigenvalue weighted by Gasteiger charge is -2.09. The van der Waals surface area contributed by atoms with Gasteiger partial charge in [0, 0.05) is 16.8 Å². The molecular weight excluding hydrogens is 348 g/mol. The third-order valence-corrected chi connectivity index (χ3v) is 4.21. The second-order valence-corrected chi connectivity index (χ2v) is 5.84. The van der Waals surface area contributed by atoms with Crippen LogP contribution in [0.1, 0.15) is 20.8 Å². The van der Waals surface area contributed by atoms with Crippen LogP contribution in [-0.4, -0.2) is 43.3 Å². The maximum absolute atomic E-state index is 12.1. The number of aryl methyl sites for hydroxylation is 1. The lowest BCUT2D eigenvalue weighted by molar-refractivity contribution is 0.0600. The second-order valence-electron chi connectivity index (χ2n) is 4.76. The van der Waals surface area contributed by atoms with E-state index in [1.54, 1.807) is 5.38 Å². The zero-order valence-corrected chi connectivity index (χ0v) is 15.0. The SMILES string of the molecule is COC(=O)c1csc(C)c1CNC(=O)Nc1nc(OC)cc(OC)n1. The highest BCUT2D eigenvalue weighted by Crippen LogP contribution is 2.22. The molecule has 2 heterocycles. The number of esters is 1. The van der Waals surface area contributed by atoms with Gasteiger partial charge in [-0.2, -0.15) is 9.97 Å². The van der Waals surface area contributed by atoms with Crippen LogP contribution in [0.5, 0.6) is 11.8 Å². The third kappa shape index (κ3) is 4.57. The molecule has 0 radical (unpaired) electrons. The Morgan fingerprint density at radius 2 is 1.80 bits per heavy atom. The molecule has 0 aliphatic heterocycles. The van der Waals surface area contributed by atoms with Gasteiger partial charge in [-0.1, -0.05) is 0 Å². The lowest BCUT2D eigenvalue weighted by Crippen LogP contribution is -2.29. The van der Waals surface area contributed by atoms with Crippen LogP contribution >= 0.6 is 11.3 Å². The summed E-state index contributed by atoms with van der Waals surface area (Å²) in [6, 6.07) is 0.956. The van der Waals surface area contributed by atoms with Gasteiger partial charge < -0.3 is 19.5 Å². The first-order chi connectivity index (χ1) is 12.0. The number of carbonyl (C=O) groups excluding carboxylic acids is 2. The number of rotatable bonds is 6. The zero-order chi connectivity index (χ0) is 18.4. The van der Waals surface area contributed by atoms with Gasteiger partial charge in [0.25, 0.3) is 0 Å². The minimum atomic E-state index is -0.531. The fourth-order valence-electron chi connectivity index (χ4n) is 1.96. The normalized spacial score (nSPS) is 10.1. The Balaban J connectivity index is 2.05. The van der Waals surface area contributed by atoms with Crippen LogP contribution in [0.3, 0.4) is 0 Å². The summed E-state index contributed by atoms with van der Waals surface area (Å²) in [5.41, 5.74) is 1.14. The molecule has 2 aromatic rings. The fourth-order valence-corrected chi connectivity index (χ4v) is 2.82. The zero-order valence-electron chi connectivity index (χ0n) is 14.2. The number of carbonyl (C=O) groups is 2. The van der Waals surface area contributed by atoms with Crippen molar-refractivity contribution in [3.8, 4) is 11.8 Å². The summed E-state index contributed by atoms with van der Waals surface area (Å²) < 4.78 is 14.8. The number of hydrogen-bond acceptors (Lipinski definition) is 8. The highest BCUT2D eigenvalue weighted by atomic mass is 32.1. The van der Waals surface area contributed by atoms with Gasteiger partial charge >= 0.3 is 12.0 Å². The number of nitrogens with one attached hydrogen (secondary N) is 2. The van der Waals surface area contributed by atoms with Crippen LogP contribution in [0.2, 0.25) is 0 Å². The fraction of sp³-hybridized carbons (Fsp3) is 0.333. The summed E-state index contributed by atoms with van der Waals surface area (Å²) in [6.45, 7) is 2.02. The second kappa shape index (κ2) is 8.29. The van der Waals surface area contributed by atoms with Gasteiger partial charge in [-0.05, 0) is 12.5 Å². The van der Waals surface area contributed by atoms with E-state index in [-0.39, 0.29) is 24.3 Å². The van der Waals surface area contributed by atoms with E-state index in [0.717, 1.165) is 4.88 Å². The molecule has 0 aromatic carbocycles. The molecule has 0 fully saturated rings. The average molecular weight is 366 g/mol. The molecule has 0 saturated heterocycles. The highest BCUT2D eigenvalue weighted by Gasteiger charge is 2.17. The summed E-state index contributed by atoms with van der Waals surface area (Å²) in [6.07, 6.45) is 0. The Morgan fingerprint density at radius 1 is 1.16 bits per heavy atom. The maximum Gasteiger partial charge on any atom is 0.339 e. The van der Waals surface area contributed by atoms with Crippen LogP contribution in [0, 0.1) is 6.92 Å². The van der Waals surface area contributed by atoms with E-state index in [1.165, 1.54) is 38.7 Å². The summed E-state index contributed by atoms with van der Waals surface area (Å²) in [5, 5.41) is 6.85. The van der Waals surface area contributed by atoms with Gasteiger partial charge in [0.05, 0.1) is 33.0 Å². The third-order valence-electron chi connectivity index (χ3n) is 3.26. The van der Waals surface area contributed by atoms with Gasteiger partial charge in [0.1, 0.15) is 0 Å². The van der Waals surface area contributed by atoms with Crippen LogP contribution < -0.4 is 20.1 Å². The van der Waals surface area contributed by atoms with E-state index in [2.05, 4.69) is 20.6 Å². The summed E-state index contributed by atoms with van der Waals surface area (Å²) in [5.74, 6) is 0.0963. The molecule has 0 unspecified atom stereocenters. The van der Waals surface area contributed by atoms with Crippen molar-refractivity contribution in [2.45, 2.75) is 13.5 Å². The number of hydrogen-bond donors (Lipinski definition) is 2. The number of thiophene rings is 1. The highest BCUT2D eigenvalue weighted by molar-refractivity contribution is 7.10. The standard InChI is InChI=1S/C15H18N4O5S/c1-8-9(10(7-25-8)13(20)24-4)6-16-15(21)19-14-17-11(22-2)5-12(18-14)23-3/h5,7H,6H2,1-4H3,(H2,16,17,18,19,21). The molecule has 0 atom stereocenters. The van der Waals surface area contributed by atoms with Crippen LogP contribution in [0.25, 0.3) is 0 Å². The first-order valence-electron chi connectivity index (χ1n) is 7.15. The largest absolute Gasteiger partial charge is 0.481 e. The number of ether oxygens (including phenoxy) is 3. The summed E-state index contributed by atoms with van der Waals surface area (Å²) >= 11 is 1.41. The number of methoxy groups -OCH3 is 3. The van der Waals surface area contributed by atoms with Crippen molar-refractivity contribution >= 4 is 29.3 Å². The van der Waals surface area contributed by atoms with Crippen LogP contribution in [-0.2, 0) is 11.3 Å².